The molecule has 160 valence electrons. The number of nitrogens with zero attached hydrogens (tertiary/aromatic N) is 1. The third kappa shape index (κ3) is 4.36. The molecule has 5 heteroatoms. The van der Waals surface area contributed by atoms with E-state index in [1.807, 2.05) is 78.9 Å². The Morgan fingerprint density at radius 1 is 0.935 bits per heavy atom. The molecule has 0 aliphatic carbocycles. The summed E-state index contributed by atoms with van der Waals surface area (Å²) in [6.07, 6.45) is 1.79. The molecule has 3 aromatic carbocycles. The first kappa shape index (κ1) is 21.9. The van der Waals surface area contributed by atoms with Crippen LogP contribution in [0.2, 0.25) is 10.0 Å². The van der Waals surface area contributed by atoms with E-state index in [9.17, 15) is 4.79 Å². The first-order valence-corrected chi connectivity index (χ1v) is 11.3. The Kier molecular flexibility index (Phi) is 6.66. The number of hydrogen-bond acceptors (Lipinski definition) is 2. The van der Waals surface area contributed by atoms with Crippen LogP contribution in [0.5, 0.6) is 0 Å². The van der Waals surface area contributed by atoms with Gasteiger partial charge in [-0.05, 0) is 54.1 Å². The molecule has 1 aliphatic heterocycles. The molecule has 3 aromatic rings. The second-order valence-electron chi connectivity index (χ2n) is 8.19. The van der Waals surface area contributed by atoms with E-state index in [0.29, 0.717) is 10.0 Å². The number of primary amides is 1. The maximum absolute atomic E-state index is 13.1. The summed E-state index contributed by atoms with van der Waals surface area (Å²) in [6, 6.07) is 25.7. The molecule has 0 radical (unpaired) electrons. The van der Waals surface area contributed by atoms with E-state index >= 15 is 0 Å². The van der Waals surface area contributed by atoms with Gasteiger partial charge >= 0.3 is 0 Å². The molecule has 0 aromatic heterocycles. The van der Waals surface area contributed by atoms with Crippen LogP contribution in [0.25, 0.3) is 0 Å². The lowest BCUT2D eigenvalue weighted by Gasteiger charge is -2.37. The Morgan fingerprint density at radius 3 is 2.10 bits per heavy atom. The van der Waals surface area contributed by atoms with E-state index < -0.39 is 5.41 Å². The molecular formula is C26H26Cl2N2O. The second-order valence-corrected chi connectivity index (χ2v) is 9.00. The molecule has 2 N–H and O–H groups in total. The van der Waals surface area contributed by atoms with Crippen molar-refractivity contribution in [3.8, 4) is 0 Å². The molecule has 1 saturated heterocycles. The van der Waals surface area contributed by atoms with Crippen molar-refractivity contribution in [1.29, 1.82) is 0 Å². The van der Waals surface area contributed by atoms with E-state index in [4.69, 9.17) is 28.9 Å². The first-order valence-electron chi connectivity index (χ1n) is 10.6. The van der Waals surface area contributed by atoms with E-state index in [0.717, 1.165) is 49.2 Å². The predicted molar refractivity (Wildman–Crippen MR) is 128 cm³/mol. The van der Waals surface area contributed by atoms with Crippen molar-refractivity contribution in [2.24, 2.45) is 11.7 Å². The van der Waals surface area contributed by atoms with Gasteiger partial charge in [-0.15, -0.1) is 0 Å². The SMILES string of the molecule is NC(=O)C(c1ccccc1)(c1ccccc1)[C@H]1CCN(CCc2ccc(Cl)c(Cl)c2)C1. The summed E-state index contributed by atoms with van der Waals surface area (Å²) in [7, 11) is 0. The number of likely N-dealkylation sites (tertiary alicyclic amines) is 1. The van der Waals surface area contributed by atoms with Gasteiger partial charge in [-0.1, -0.05) is 89.9 Å². The monoisotopic (exact) mass is 452 g/mol. The van der Waals surface area contributed by atoms with Crippen molar-refractivity contribution in [3.05, 3.63) is 106 Å². The molecule has 1 fully saturated rings. The Labute approximate surface area is 193 Å². The molecule has 31 heavy (non-hydrogen) atoms. The Morgan fingerprint density at radius 2 is 1.55 bits per heavy atom. The minimum atomic E-state index is -0.846. The van der Waals surface area contributed by atoms with Crippen LogP contribution in [0.1, 0.15) is 23.1 Å². The highest BCUT2D eigenvalue weighted by Crippen LogP contribution is 2.43. The number of carbonyl (C=O) groups excluding carboxylic acids is 1. The quantitative estimate of drug-likeness (QED) is 0.526. The second kappa shape index (κ2) is 9.44. The minimum Gasteiger partial charge on any atom is -0.369 e. The summed E-state index contributed by atoms with van der Waals surface area (Å²) in [6.45, 7) is 2.64. The predicted octanol–water partition coefficient (Wildman–Crippen LogP) is 5.33. The van der Waals surface area contributed by atoms with Gasteiger partial charge in [0.15, 0.2) is 0 Å². The molecular weight excluding hydrogens is 427 g/mol. The largest absolute Gasteiger partial charge is 0.369 e. The number of halogens is 2. The standard InChI is InChI=1S/C26H26Cl2N2O/c27-23-12-11-19(17-24(23)28)13-15-30-16-14-22(18-30)26(25(29)31,20-7-3-1-4-8-20)21-9-5-2-6-10-21/h1-12,17,22H,13-16,18H2,(H2,29,31)/t22-/m0/s1. The van der Waals surface area contributed by atoms with Crippen molar-refractivity contribution in [3.63, 3.8) is 0 Å². The summed E-state index contributed by atoms with van der Waals surface area (Å²) >= 11 is 12.2. The van der Waals surface area contributed by atoms with Gasteiger partial charge in [0.2, 0.25) is 5.91 Å². The first-order chi connectivity index (χ1) is 15.0. The molecule has 0 spiro atoms. The summed E-state index contributed by atoms with van der Waals surface area (Å²) in [5.74, 6) is -0.190. The number of carbonyl (C=O) groups is 1. The van der Waals surface area contributed by atoms with Crippen molar-refractivity contribution in [2.45, 2.75) is 18.3 Å². The van der Waals surface area contributed by atoms with Gasteiger partial charge in [-0.25, -0.2) is 0 Å². The maximum atomic E-state index is 13.1. The van der Waals surface area contributed by atoms with Gasteiger partial charge in [-0.3, -0.25) is 4.79 Å². The fourth-order valence-electron chi connectivity index (χ4n) is 4.90. The van der Waals surface area contributed by atoms with Crippen LogP contribution in [0, 0.1) is 5.92 Å². The van der Waals surface area contributed by atoms with Gasteiger partial charge in [0.25, 0.3) is 0 Å². The Balaban J connectivity index is 1.60. The van der Waals surface area contributed by atoms with Crippen molar-refractivity contribution >= 4 is 29.1 Å². The number of benzene rings is 3. The zero-order valence-electron chi connectivity index (χ0n) is 17.3. The highest BCUT2D eigenvalue weighted by molar-refractivity contribution is 6.42. The lowest BCUT2D eigenvalue weighted by atomic mass is 9.64. The zero-order valence-corrected chi connectivity index (χ0v) is 18.8. The van der Waals surface area contributed by atoms with Gasteiger partial charge < -0.3 is 10.6 Å². The molecule has 0 bridgehead atoms. The number of amides is 1. The molecule has 4 rings (SSSR count). The van der Waals surface area contributed by atoms with E-state index in [1.54, 1.807) is 0 Å². The maximum Gasteiger partial charge on any atom is 0.232 e. The smallest absolute Gasteiger partial charge is 0.232 e. The highest BCUT2D eigenvalue weighted by Gasteiger charge is 2.49. The molecule has 1 heterocycles. The molecule has 0 unspecified atom stereocenters. The fourth-order valence-corrected chi connectivity index (χ4v) is 5.22. The molecule has 0 saturated carbocycles. The van der Waals surface area contributed by atoms with Crippen LogP contribution in [0.3, 0.4) is 0 Å². The lowest BCUT2D eigenvalue weighted by molar-refractivity contribution is -0.123. The zero-order chi connectivity index (χ0) is 21.8. The third-order valence-electron chi connectivity index (χ3n) is 6.43. The topological polar surface area (TPSA) is 46.3 Å². The van der Waals surface area contributed by atoms with Gasteiger partial charge in [0.05, 0.1) is 10.0 Å². The molecule has 1 atom stereocenters. The summed E-state index contributed by atoms with van der Waals surface area (Å²) in [5, 5.41) is 1.16. The number of nitrogens with two attached hydrogens (primary N) is 1. The van der Waals surface area contributed by atoms with Crippen molar-refractivity contribution in [1.82, 2.24) is 4.90 Å². The summed E-state index contributed by atoms with van der Waals surface area (Å²) < 4.78 is 0. The van der Waals surface area contributed by atoms with Crippen molar-refractivity contribution in [2.75, 3.05) is 19.6 Å². The normalized spacial score (nSPS) is 17.0. The molecule has 1 amide bonds. The third-order valence-corrected chi connectivity index (χ3v) is 7.17. The van der Waals surface area contributed by atoms with Crippen LogP contribution < -0.4 is 5.73 Å². The molecule has 3 nitrogen and oxygen atoms in total. The van der Waals surface area contributed by atoms with Gasteiger partial charge in [0.1, 0.15) is 5.41 Å². The molecule has 1 aliphatic rings. The number of hydrogen-bond donors (Lipinski definition) is 1. The van der Waals surface area contributed by atoms with Crippen molar-refractivity contribution < 1.29 is 4.79 Å². The van der Waals surface area contributed by atoms with Crippen LogP contribution in [-0.2, 0) is 16.6 Å². The minimum absolute atomic E-state index is 0.101. The van der Waals surface area contributed by atoms with Gasteiger partial charge in [-0.2, -0.15) is 0 Å². The van der Waals surface area contributed by atoms with Crippen LogP contribution in [-0.4, -0.2) is 30.4 Å². The van der Waals surface area contributed by atoms with Crippen LogP contribution in [0.4, 0.5) is 0 Å². The Hall–Kier alpha value is -2.33. The van der Waals surface area contributed by atoms with Gasteiger partial charge in [0, 0.05) is 13.1 Å². The summed E-state index contributed by atoms with van der Waals surface area (Å²) in [5.41, 5.74) is 8.41. The van der Waals surface area contributed by atoms with E-state index in [2.05, 4.69) is 4.90 Å². The Bertz CT molecular complexity index is 1000. The van der Waals surface area contributed by atoms with E-state index in [-0.39, 0.29) is 11.8 Å². The van der Waals surface area contributed by atoms with E-state index in [1.165, 1.54) is 0 Å². The van der Waals surface area contributed by atoms with Crippen LogP contribution >= 0.6 is 23.2 Å². The van der Waals surface area contributed by atoms with Crippen LogP contribution in [0.15, 0.2) is 78.9 Å². The average molecular weight is 453 g/mol. The fraction of sp³-hybridized carbons (Fsp3) is 0.269. The highest BCUT2D eigenvalue weighted by atomic mass is 35.5. The average Bonchev–Trinajstić information content (AvgIpc) is 3.25. The number of rotatable bonds is 7. The summed E-state index contributed by atoms with van der Waals surface area (Å²) in [4.78, 5) is 15.6. The lowest BCUT2D eigenvalue weighted by Crippen LogP contribution is -2.49.